The minimum atomic E-state index is -0.576. The first kappa shape index (κ1) is 23.0. The van der Waals surface area contributed by atoms with Gasteiger partial charge < -0.3 is 15.4 Å². The normalized spacial score (nSPS) is 10.7. The Morgan fingerprint density at radius 3 is 2.43 bits per heavy atom. The first-order valence-corrected chi connectivity index (χ1v) is 9.56. The SMILES string of the molecule is CCOC(=O)c1cnn(C)c1NC(=O)CN(CC)CC(=O)NCc1ccc(F)cc1. The van der Waals surface area contributed by atoms with E-state index in [0.717, 1.165) is 5.56 Å². The molecule has 0 spiro atoms. The summed E-state index contributed by atoms with van der Waals surface area (Å²) in [6, 6.07) is 5.84. The van der Waals surface area contributed by atoms with Gasteiger partial charge in [-0.1, -0.05) is 19.1 Å². The van der Waals surface area contributed by atoms with Gasteiger partial charge >= 0.3 is 5.97 Å². The van der Waals surface area contributed by atoms with Gasteiger partial charge in [-0.2, -0.15) is 5.10 Å². The Bertz CT molecular complexity index is 882. The lowest BCUT2D eigenvalue weighted by Crippen LogP contribution is -2.41. The number of nitrogens with zero attached hydrogens (tertiary/aromatic N) is 3. The van der Waals surface area contributed by atoms with Crippen molar-refractivity contribution in [3.63, 3.8) is 0 Å². The molecule has 10 heteroatoms. The van der Waals surface area contributed by atoms with Crippen molar-refractivity contribution >= 4 is 23.6 Å². The minimum Gasteiger partial charge on any atom is -0.462 e. The third-order valence-electron chi connectivity index (χ3n) is 4.28. The molecule has 2 rings (SSSR count). The molecule has 1 aromatic carbocycles. The summed E-state index contributed by atoms with van der Waals surface area (Å²) in [4.78, 5) is 38.3. The number of aromatic nitrogens is 2. The molecule has 30 heavy (non-hydrogen) atoms. The predicted octanol–water partition coefficient (Wildman–Crippen LogP) is 1.31. The Labute approximate surface area is 174 Å². The first-order valence-electron chi connectivity index (χ1n) is 9.56. The topological polar surface area (TPSA) is 106 Å². The lowest BCUT2D eigenvalue weighted by Gasteiger charge is -2.19. The molecule has 2 amide bonds. The van der Waals surface area contributed by atoms with E-state index in [1.54, 1.807) is 31.0 Å². The Hall–Kier alpha value is -3.27. The van der Waals surface area contributed by atoms with Crippen LogP contribution in [0.15, 0.2) is 30.5 Å². The van der Waals surface area contributed by atoms with Crippen LogP contribution < -0.4 is 10.6 Å². The average Bonchev–Trinajstić information content (AvgIpc) is 3.07. The third kappa shape index (κ3) is 6.66. The molecule has 0 saturated carbocycles. The molecule has 1 aromatic heterocycles. The number of nitrogens with one attached hydrogen (secondary N) is 2. The molecule has 0 unspecified atom stereocenters. The van der Waals surface area contributed by atoms with E-state index in [4.69, 9.17) is 4.74 Å². The van der Waals surface area contributed by atoms with E-state index in [9.17, 15) is 18.8 Å². The van der Waals surface area contributed by atoms with Gasteiger partial charge in [-0.25, -0.2) is 9.18 Å². The summed E-state index contributed by atoms with van der Waals surface area (Å²) in [5.74, 6) is -1.34. The van der Waals surface area contributed by atoms with Crippen molar-refractivity contribution in [1.29, 1.82) is 0 Å². The second-order valence-corrected chi connectivity index (χ2v) is 6.51. The Kier molecular flexibility index (Phi) is 8.48. The van der Waals surface area contributed by atoms with Crippen LogP contribution >= 0.6 is 0 Å². The fourth-order valence-electron chi connectivity index (χ4n) is 2.66. The lowest BCUT2D eigenvalue weighted by atomic mass is 10.2. The van der Waals surface area contributed by atoms with Crippen molar-refractivity contribution in [2.75, 3.05) is 31.6 Å². The van der Waals surface area contributed by atoms with Gasteiger partial charge in [0.1, 0.15) is 17.2 Å². The Morgan fingerprint density at radius 2 is 1.80 bits per heavy atom. The summed E-state index contributed by atoms with van der Waals surface area (Å²) >= 11 is 0. The molecule has 9 nitrogen and oxygen atoms in total. The van der Waals surface area contributed by atoms with E-state index in [1.165, 1.54) is 23.0 Å². The van der Waals surface area contributed by atoms with Crippen LogP contribution in [0.25, 0.3) is 0 Å². The number of benzene rings is 1. The summed E-state index contributed by atoms with van der Waals surface area (Å²) in [7, 11) is 1.60. The van der Waals surface area contributed by atoms with Crippen molar-refractivity contribution in [3.05, 3.63) is 47.4 Å². The van der Waals surface area contributed by atoms with Crippen LogP contribution in [0.3, 0.4) is 0 Å². The molecule has 0 aliphatic rings. The fraction of sp³-hybridized carbons (Fsp3) is 0.400. The molecule has 2 N–H and O–H groups in total. The third-order valence-corrected chi connectivity index (χ3v) is 4.28. The van der Waals surface area contributed by atoms with E-state index >= 15 is 0 Å². The van der Waals surface area contributed by atoms with Gasteiger partial charge in [-0.3, -0.25) is 19.2 Å². The van der Waals surface area contributed by atoms with Crippen molar-refractivity contribution in [1.82, 2.24) is 20.0 Å². The second kappa shape index (κ2) is 11.1. The van der Waals surface area contributed by atoms with E-state index < -0.39 is 11.9 Å². The summed E-state index contributed by atoms with van der Waals surface area (Å²) in [5.41, 5.74) is 0.932. The molecule has 1 heterocycles. The highest BCUT2D eigenvalue weighted by Crippen LogP contribution is 2.15. The molecular formula is C20H26FN5O4. The molecule has 162 valence electrons. The number of carbonyl (C=O) groups excluding carboxylic acids is 3. The van der Waals surface area contributed by atoms with Crippen molar-refractivity contribution in [3.8, 4) is 0 Å². The van der Waals surface area contributed by atoms with Gasteiger partial charge in [0.15, 0.2) is 0 Å². The van der Waals surface area contributed by atoms with E-state index in [-0.39, 0.29) is 49.3 Å². The highest BCUT2D eigenvalue weighted by atomic mass is 19.1. The maximum absolute atomic E-state index is 12.9. The zero-order valence-electron chi connectivity index (χ0n) is 17.3. The Balaban J connectivity index is 1.88. The van der Waals surface area contributed by atoms with Crippen molar-refractivity contribution < 1.29 is 23.5 Å². The molecule has 0 fully saturated rings. The summed E-state index contributed by atoms with van der Waals surface area (Å²) in [6.45, 7) is 4.42. The maximum Gasteiger partial charge on any atom is 0.343 e. The molecule has 0 saturated heterocycles. The molecule has 0 bridgehead atoms. The molecular weight excluding hydrogens is 393 g/mol. The van der Waals surface area contributed by atoms with Gasteiger partial charge in [0, 0.05) is 13.6 Å². The first-order chi connectivity index (χ1) is 14.3. The van der Waals surface area contributed by atoms with Crippen molar-refractivity contribution in [2.45, 2.75) is 20.4 Å². The number of aryl methyl sites for hydroxylation is 1. The van der Waals surface area contributed by atoms with E-state index in [2.05, 4.69) is 15.7 Å². The summed E-state index contributed by atoms with van der Waals surface area (Å²) < 4.78 is 19.3. The summed E-state index contributed by atoms with van der Waals surface area (Å²) in [5, 5.41) is 9.37. The van der Waals surface area contributed by atoms with Crippen LogP contribution in [0.4, 0.5) is 10.2 Å². The highest BCUT2D eigenvalue weighted by molar-refractivity contribution is 6.00. The highest BCUT2D eigenvalue weighted by Gasteiger charge is 2.20. The van der Waals surface area contributed by atoms with E-state index in [1.807, 2.05) is 6.92 Å². The zero-order valence-corrected chi connectivity index (χ0v) is 17.3. The number of anilines is 1. The average molecular weight is 419 g/mol. The van der Waals surface area contributed by atoms with Gasteiger partial charge in [0.2, 0.25) is 11.8 Å². The summed E-state index contributed by atoms with van der Waals surface area (Å²) in [6.07, 6.45) is 1.33. The minimum absolute atomic E-state index is 0.0151. The smallest absolute Gasteiger partial charge is 0.343 e. The lowest BCUT2D eigenvalue weighted by molar-refractivity contribution is -0.123. The van der Waals surface area contributed by atoms with Crippen LogP contribution in [-0.4, -0.2) is 58.7 Å². The van der Waals surface area contributed by atoms with Gasteiger partial charge in [-0.15, -0.1) is 0 Å². The number of amides is 2. The molecule has 0 aliphatic carbocycles. The number of likely N-dealkylation sites (N-methyl/N-ethyl adjacent to an activating group) is 1. The van der Waals surface area contributed by atoms with Crippen LogP contribution in [0.5, 0.6) is 0 Å². The molecule has 0 atom stereocenters. The van der Waals surface area contributed by atoms with Crippen LogP contribution in [0, 0.1) is 5.82 Å². The molecule has 0 radical (unpaired) electrons. The predicted molar refractivity (Wildman–Crippen MR) is 108 cm³/mol. The number of esters is 1. The molecule has 0 aliphatic heterocycles. The number of hydrogen-bond donors (Lipinski definition) is 2. The molecule has 2 aromatic rings. The quantitative estimate of drug-likeness (QED) is 0.563. The van der Waals surface area contributed by atoms with E-state index in [0.29, 0.717) is 6.54 Å². The van der Waals surface area contributed by atoms with Crippen LogP contribution in [0.2, 0.25) is 0 Å². The standard InChI is InChI=1S/C20H26FN5O4/c1-4-26(12-17(27)22-10-14-6-8-15(21)9-7-14)13-18(28)24-19-16(11-23-25(19)3)20(29)30-5-2/h6-9,11H,4-5,10,12-13H2,1-3H3,(H,22,27)(H,24,28). The largest absolute Gasteiger partial charge is 0.462 e. The van der Waals surface area contributed by atoms with Crippen molar-refractivity contribution in [2.24, 2.45) is 7.05 Å². The zero-order chi connectivity index (χ0) is 22.1. The van der Waals surface area contributed by atoms with Crippen LogP contribution in [-0.2, 0) is 27.9 Å². The fourth-order valence-corrected chi connectivity index (χ4v) is 2.66. The Morgan fingerprint density at radius 1 is 1.13 bits per heavy atom. The number of carbonyl (C=O) groups is 3. The van der Waals surface area contributed by atoms with Gasteiger partial charge in [-0.05, 0) is 31.2 Å². The van der Waals surface area contributed by atoms with Gasteiger partial charge in [0.05, 0.1) is 25.9 Å². The number of hydrogen-bond acceptors (Lipinski definition) is 6. The van der Waals surface area contributed by atoms with Crippen LogP contribution in [0.1, 0.15) is 29.8 Å². The maximum atomic E-state index is 12.9. The number of halogens is 1. The number of ether oxygens (including phenoxy) is 1. The monoisotopic (exact) mass is 419 g/mol. The number of rotatable bonds is 10. The van der Waals surface area contributed by atoms with Gasteiger partial charge in [0.25, 0.3) is 0 Å². The second-order valence-electron chi connectivity index (χ2n) is 6.51.